The smallest absolute Gasteiger partial charge is 0.324 e. The fourth-order valence-electron chi connectivity index (χ4n) is 4.74. The van der Waals surface area contributed by atoms with Crippen LogP contribution in [-0.4, -0.2) is 60.3 Å². The maximum atomic E-state index is 12.4. The molecular weight excluding hydrogens is 450 g/mol. The highest BCUT2D eigenvalue weighted by molar-refractivity contribution is 6.34. The molecule has 34 heavy (non-hydrogen) atoms. The van der Waals surface area contributed by atoms with Crippen LogP contribution in [0.1, 0.15) is 12.0 Å². The molecule has 0 radical (unpaired) electrons. The lowest BCUT2D eigenvalue weighted by molar-refractivity contribution is 0.229. The van der Waals surface area contributed by atoms with Gasteiger partial charge in [-0.1, -0.05) is 17.7 Å². The quantitative estimate of drug-likeness (QED) is 0.578. The lowest BCUT2D eigenvalue weighted by atomic mass is 9.95. The van der Waals surface area contributed by atoms with Crippen LogP contribution in [0.5, 0.6) is 5.75 Å². The van der Waals surface area contributed by atoms with Crippen LogP contribution in [0.3, 0.4) is 0 Å². The molecule has 2 amide bonds. The molecule has 1 atom stereocenters. The number of phenols is 1. The predicted octanol–water partition coefficient (Wildman–Crippen LogP) is 4.49. The van der Waals surface area contributed by atoms with Crippen molar-refractivity contribution in [3.05, 3.63) is 59.2 Å². The first kappa shape index (κ1) is 22.5. The number of nitrogens with two attached hydrogens (primary N) is 1. The molecule has 0 unspecified atom stereocenters. The summed E-state index contributed by atoms with van der Waals surface area (Å²) in [6, 6.07) is 13.5. The molecule has 8 heteroatoms. The molecule has 0 bridgehead atoms. The molecule has 5 rings (SSSR count). The molecule has 7 nitrogen and oxygen atoms in total. The maximum Gasteiger partial charge on any atom is 0.324 e. The fraction of sp³-hybridized carbons (Fsp3) is 0.308. The van der Waals surface area contributed by atoms with Crippen molar-refractivity contribution in [2.45, 2.75) is 19.4 Å². The number of aromatic nitrogens is 1. The zero-order valence-electron chi connectivity index (χ0n) is 19.3. The van der Waals surface area contributed by atoms with Gasteiger partial charge in [0.1, 0.15) is 11.6 Å². The Labute approximate surface area is 204 Å². The van der Waals surface area contributed by atoms with E-state index in [9.17, 15) is 9.90 Å². The highest BCUT2D eigenvalue weighted by Gasteiger charge is 2.28. The number of pyridine rings is 1. The van der Waals surface area contributed by atoms with Gasteiger partial charge in [-0.25, -0.2) is 9.78 Å². The second kappa shape index (κ2) is 8.81. The summed E-state index contributed by atoms with van der Waals surface area (Å²) in [5, 5.41) is 11.8. The molecule has 2 aliphatic heterocycles. The number of halogens is 1. The number of rotatable bonds is 4. The first-order valence-electron chi connectivity index (χ1n) is 11.4. The van der Waals surface area contributed by atoms with Gasteiger partial charge in [0.15, 0.2) is 0 Å². The van der Waals surface area contributed by atoms with E-state index in [0.717, 1.165) is 47.6 Å². The van der Waals surface area contributed by atoms with Crippen molar-refractivity contribution in [3.63, 3.8) is 0 Å². The number of carbonyl (C=O) groups is 1. The van der Waals surface area contributed by atoms with Gasteiger partial charge in [0.2, 0.25) is 0 Å². The van der Waals surface area contributed by atoms with Gasteiger partial charge < -0.3 is 20.6 Å². The Morgan fingerprint density at radius 2 is 1.79 bits per heavy atom. The lowest BCUT2D eigenvalue weighted by Gasteiger charge is -2.19. The van der Waals surface area contributed by atoms with Gasteiger partial charge in [-0.3, -0.25) is 4.90 Å². The van der Waals surface area contributed by atoms with Crippen LogP contribution >= 0.6 is 11.6 Å². The van der Waals surface area contributed by atoms with E-state index < -0.39 is 0 Å². The van der Waals surface area contributed by atoms with Crippen molar-refractivity contribution in [1.82, 2.24) is 9.88 Å². The van der Waals surface area contributed by atoms with Crippen LogP contribution < -0.4 is 15.5 Å². The SMILES string of the molecule is Cc1cc(-c2ccnc(N3CC[C@H](N)C3)c2)c(O)c(-c2ccc(N3CCN(C)C3=O)c(Cl)c2)c1. The Morgan fingerprint density at radius 1 is 1.06 bits per heavy atom. The van der Waals surface area contributed by atoms with E-state index in [1.54, 1.807) is 23.0 Å². The lowest BCUT2D eigenvalue weighted by Crippen LogP contribution is -2.29. The minimum Gasteiger partial charge on any atom is -0.507 e. The van der Waals surface area contributed by atoms with Gasteiger partial charge in [-0.05, 0) is 66.4 Å². The number of aromatic hydroxyl groups is 1. The molecule has 3 aromatic rings. The Hall–Kier alpha value is -3.29. The number of hydrogen-bond donors (Lipinski definition) is 2. The highest BCUT2D eigenvalue weighted by atomic mass is 35.5. The largest absolute Gasteiger partial charge is 0.507 e. The second-order valence-electron chi connectivity index (χ2n) is 9.13. The van der Waals surface area contributed by atoms with E-state index in [1.165, 1.54) is 0 Å². The van der Waals surface area contributed by atoms with Gasteiger partial charge >= 0.3 is 6.03 Å². The van der Waals surface area contributed by atoms with Crippen molar-refractivity contribution >= 4 is 29.1 Å². The van der Waals surface area contributed by atoms with Crippen molar-refractivity contribution in [3.8, 4) is 28.0 Å². The zero-order valence-corrected chi connectivity index (χ0v) is 20.1. The predicted molar refractivity (Wildman–Crippen MR) is 137 cm³/mol. The first-order chi connectivity index (χ1) is 16.3. The van der Waals surface area contributed by atoms with Crippen molar-refractivity contribution in [1.29, 1.82) is 0 Å². The second-order valence-corrected chi connectivity index (χ2v) is 9.54. The van der Waals surface area contributed by atoms with Crippen LogP contribution in [0.4, 0.5) is 16.3 Å². The molecule has 176 valence electrons. The van der Waals surface area contributed by atoms with Crippen LogP contribution in [0, 0.1) is 6.92 Å². The zero-order chi connectivity index (χ0) is 24.0. The molecule has 0 spiro atoms. The van der Waals surface area contributed by atoms with Crippen molar-refractivity contribution in [2.75, 3.05) is 43.0 Å². The number of nitrogens with zero attached hydrogens (tertiary/aromatic N) is 4. The van der Waals surface area contributed by atoms with E-state index in [1.807, 2.05) is 49.4 Å². The molecule has 3 N–H and O–H groups in total. The van der Waals surface area contributed by atoms with E-state index in [4.69, 9.17) is 17.3 Å². The summed E-state index contributed by atoms with van der Waals surface area (Å²) in [5.74, 6) is 1.04. The number of urea groups is 1. The number of likely N-dealkylation sites (N-methyl/N-ethyl adjacent to an activating group) is 1. The standard InChI is InChI=1S/C26H28ClN5O2/c1-16-11-20(17-3-4-23(22(27)13-17)32-10-9-30(2)26(32)34)25(33)21(12-16)18-5-7-29-24(14-18)31-8-6-19(28)15-31/h3-5,7,11-14,19,33H,6,8-10,15,28H2,1-2H3/t19-/m0/s1. The Morgan fingerprint density at radius 3 is 2.41 bits per heavy atom. The van der Waals surface area contributed by atoms with Gasteiger partial charge in [-0.15, -0.1) is 0 Å². The Bertz CT molecular complexity index is 1260. The Balaban J connectivity index is 1.51. The van der Waals surface area contributed by atoms with Crippen molar-refractivity contribution in [2.24, 2.45) is 5.73 Å². The van der Waals surface area contributed by atoms with E-state index >= 15 is 0 Å². The van der Waals surface area contributed by atoms with E-state index in [-0.39, 0.29) is 17.8 Å². The number of amides is 2. The third kappa shape index (κ3) is 4.06. The topological polar surface area (TPSA) is 85.9 Å². The normalized spacial score (nSPS) is 18.3. The van der Waals surface area contributed by atoms with Crippen LogP contribution in [0.2, 0.25) is 5.02 Å². The van der Waals surface area contributed by atoms with Gasteiger partial charge in [0.05, 0.1) is 10.7 Å². The summed E-state index contributed by atoms with van der Waals surface area (Å²) in [6.07, 6.45) is 2.72. The molecule has 1 aromatic heterocycles. The summed E-state index contributed by atoms with van der Waals surface area (Å²) in [6.45, 7) is 4.92. The minimum absolute atomic E-state index is 0.0669. The molecule has 0 aliphatic carbocycles. The number of benzene rings is 2. The molecule has 2 fully saturated rings. The average Bonchev–Trinajstić information content (AvgIpc) is 3.40. The third-order valence-electron chi connectivity index (χ3n) is 6.63. The molecule has 0 saturated carbocycles. The molecule has 2 aromatic carbocycles. The van der Waals surface area contributed by atoms with E-state index in [2.05, 4.69) is 9.88 Å². The minimum atomic E-state index is -0.0669. The average molecular weight is 478 g/mol. The molecule has 3 heterocycles. The number of carbonyl (C=O) groups excluding carboxylic acids is 1. The van der Waals surface area contributed by atoms with Gasteiger partial charge in [0, 0.05) is 56.6 Å². The third-order valence-corrected chi connectivity index (χ3v) is 6.93. The number of aryl methyl sites for hydroxylation is 1. The summed E-state index contributed by atoms with van der Waals surface area (Å²) in [7, 11) is 1.78. The Kier molecular flexibility index (Phi) is 5.83. The number of hydrogen-bond acceptors (Lipinski definition) is 5. The van der Waals surface area contributed by atoms with Crippen LogP contribution in [0.15, 0.2) is 48.7 Å². The van der Waals surface area contributed by atoms with Gasteiger partial charge in [0.25, 0.3) is 0 Å². The summed E-state index contributed by atoms with van der Waals surface area (Å²) >= 11 is 6.61. The first-order valence-corrected chi connectivity index (χ1v) is 11.8. The fourth-order valence-corrected chi connectivity index (χ4v) is 5.02. The number of anilines is 2. The highest BCUT2D eigenvalue weighted by Crippen LogP contribution is 2.42. The molecular formula is C26H28ClN5O2. The van der Waals surface area contributed by atoms with Gasteiger partial charge in [-0.2, -0.15) is 0 Å². The summed E-state index contributed by atoms with van der Waals surface area (Å²) in [5.41, 5.74) is 10.9. The van der Waals surface area contributed by atoms with Crippen LogP contribution in [0.25, 0.3) is 22.3 Å². The summed E-state index contributed by atoms with van der Waals surface area (Å²) < 4.78 is 0. The maximum absolute atomic E-state index is 12.4. The molecule has 2 aliphatic rings. The monoisotopic (exact) mass is 477 g/mol. The van der Waals surface area contributed by atoms with Crippen LogP contribution in [-0.2, 0) is 0 Å². The summed E-state index contributed by atoms with van der Waals surface area (Å²) in [4.78, 5) is 22.4. The van der Waals surface area contributed by atoms with Crippen molar-refractivity contribution < 1.29 is 9.90 Å². The molecule has 2 saturated heterocycles. The number of phenolic OH excluding ortho intramolecular Hbond substituents is 1. The van der Waals surface area contributed by atoms with E-state index in [0.29, 0.717) is 29.4 Å².